The summed E-state index contributed by atoms with van der Waals surface area (Å²) < 4.78 is 5.03. The van der Waals surface area contributed by atoms with E-state index in [1.807, 2.05) is 30.3 Å². The van der Waals surface area contributed by atoms with Crippen molar-refractivity contribution in [3.05, 3.63) is 53.6 Å². The number of hydrogen-bond donors (Lipinski definition) is 1. The number of pyridine rings is 1. The fraction of sp³-hybridized carbons (Fsp3) is 0.133. The summed E-state index contributed by atoms with van der Waals surface area (Å²) in [5.41, 5.74) is 1.74. The van der Waals surface area contributed by atoms with Crippen LogP contribution in [0.5, 0.6) is 0 Å². The number of anilines is 2. The van der Waals surface area contributed by atoms with E-state index in [1.165, 1.54) is 0 Å². The highest BCUT2D eigenvalue weighted by Crippen LogP contribution is 2.24. The molecule has 106 valence electrons. The molecule has 3 rings (SSSR count). The van der Waals surface area contributed by atoms with Crippen molar-refractivity contribution in [3.8, 4) is 0 Å². The summed E-state index contributed by atoms with van der Waals surface area (Å²) >= 11 is 6.01. The fourth-order valence-electron chi connectivity index (χ4n) is 2.07. The number of hydrogen-bond acceptors (Lipinski definition) is 5. The molecule has 0 aliphatic carbocycles. The number of benzene rings is 1. The van der Waals surface area contributed by atoms with Gasteiger partial charge in [-0.05, 0) is 12.1 Å². The Morgan fingerprint density at radius 3 is 2.90 bits per heavy atom. The van der Waals surface area contributed by atoms with E-state index in [4.69, 9.17) is 16.3 Å². The normalized spacial score (nSPS) is 10.8. The third-order valence-corrected chi connectivity index (χ3v) is 3.10. The Hall–Kier alpha value is -2.24. The van der Waals surface area contributed by atoms with Crippen molar-refractivity contribution in [2.24, 2.45) is 0 Å². The van der Waals surface area contributed by atoms with Crippen molar-refractivity contribution >= 4 is 34.0 Å². The lowest BCUT2D eigenvalue weighted by Gasteiger charge is -2.09. The minimum Gasteiger partial charge on any atom is -0.377 e. The summed E-state index contributed by atoms with van der Waals surface area (Å²) in [6.45, 7) is 0.309. The van der Waals surface area contributed by atoms with Crippen LogP contribution in [-0.2, 0) is 11.3 Å². The van der Waals surface area contributed by atoms with Crippen LogP contribution < -0.4 is 5.32 Å². The number of halogens is 1. The van der Waals surface area contributed by atoms with E-state index < -0.39 is 0 Å². The molecule has 0 unspecified atom stereocenters. The molecule has 0 fully saturated rings. The van der Waals surface area contributed by atoms with Gasteiger partial charge in [0.05, 0.1) is 11.2 Å². The van der Waals surface area contributed by atoms with Crippen LogP contribution in [0.15, 0.2) is 42.6 Å². The monoisotopic (exact) mass is 300 g/mol. The molecule has 0 atom stereocenters. The van der Waals surface area contributed by atoms with E-state index in [2.05, 4.69) is 20.3 Å². The first-order valence-electron chi connectivity index (χ1n) is 6.39. The predicted octanol–water partition coefficient (Wildman–Crippen LogP) is 3.57. The van der Waals surface area contributed by atoms with Crippen LogP contribution >= 0.6 is 11.6 Å². The highest BCUT2D eigenvalue weighted by atomic mass is 35.5. The van der Waals surface area contributed by atoms with Gasteiger partial charge < -0.3 is 10.1 Å². The topological polar surface area (TPSA) is 59.9 Å². The fourth-order valence-corrected chi connectivity index (χ4v) is 2.27. The van der Waals surface area contributed by atoms with Gasteiger partial charge in [-0.1, -0.05) is 29.8 Å². The quantitative estimate of drug-likeness (QED) is 0.746. The number of ether oxygens (including phenoxy) is 1. The minimum absolute atomic E-state index is 0.309. The summed E-state index contributed by atoms with van der Waals surface area (Å²) in [5.74, 6) is 1.14. The number of aromatic nitrogens is 3. The van der Waals surface area contributed by atoms with Gasteiger partial charge in [-0.25, -0.2) is 9.97 Å². The zero-order valence-electron chi connectivity index (χ0n) is 11.4. The summed E-state index contributed by atoms with van der Waals surface area (Å²) in [6, 6.07) is 11.5. The van der Waals surface area contributed by atoms with Crippen molar-refractivity contribution in [2.45, 2.75) is 6.61 Å². The van der Waals surface area contributed by atoms with E-state index in [-0.39, 0.29) is 0 Å². The van der Waals surface area contributed by atoms with Crippen molar-refractivity contribution in [3.63, 3.8) is 0 Å². The second-order valence-corrected chi connectivity index (χ2v) is 4.82. The lowest BCUT2D eigenvalue weighted by Crippen LogP contribution is -2.02. The maximum Gasteiger partial charge on any atom is 0.158 e. The zero-order chi connectivity index (χ0) is 14.7. The van der Waals surface area contributed by atoms with Crippen molar-refractivity contribution < 1.29 is 4.74 Å². The van der Waals surface area contributed by atoms with E-state index in [1.54, 1.807) is 19.4 Å². The van der Waals surface area contributed by atoms with Gasteiger partial charge >= 0.3 is 0 Å². The smallest absolute Gasteiger partial charge is 0.158 e. The molecule has 0 aliphatic heterocycles. The average Bonchev–Trinajstić information content (AvgIpc) is 2.47. The Bertz CT molecular complexity index is 773. The molecule has 2 aromatic heterocycles. The summed E-state index contributed by atoms with van der Waals surface area (Å²) in [4.78, 5) is 12.9. The minimum atomic E-state index is 0.309. The van der Waals surface area contributed by atoms with E-state index >= 15 is 0 Å². The molecule has 0 amide bonds. The molecule has 0 saturated heterocycles. The number of methoxy groups -OCH3 is 1. The van der Waals surface area contributed by atoms with Gasteiger partial charge in [0.1, 0.15) is 17.6 Å². The number of nitrogens with zero attached hydrogens (tertiary/aromatic N) is 3. The molecule has 1 N–H and O–H groups in total. The lowest BCUT2D eigenvalue weighted by atomic mass is 10.2. The highest BCUT2D eigenvalue weighted by molar-refractivity contribution is 6.29. The van der Waals surface area contributed by atoms with Gasteiger partial charge in [0.2, 0.25) is 0 Å². The molecule has 5 nitrogen and oxygen atoms in total. The number of para-hydroxylation sites is 1. The van der Waals surface area contributed by atoms with Gasteiger partial charge in [0.15, 0.2) is 5.82 Å². The standard InChI is InChI=1S/C15H13ClN4O/c1-21-9-14-19-12(16)8-13(20-14)18-11-6-2-4-10-5-3-7-17-15(10)11/h2-8H,9H2,1H3,(H,18,19,20). The highest BCUT2D eigenvalue weighted by Gasteiger charge is 2.06. The molecule has 2 heterocycles. The molecule has 0 spiro atoms. The molecule has 0 aliphatic rings. The Morgan fingerprint density at radius 2 is 2.05 bits per heavy atom. The molecule has 3 aromatic rings. The second kappa shape index (κ2) is 6.03. The zero-order valence-corrected chi connectivity index (χ0v) is 12.1. The summed E-state index contributed by atoms with van der Waals surface area (Å²) in [5, 5.41) is 4.66. The maximum absolute atomic E-state index is 6.01. The van der Waals surface area contributed by atoms with Crippen molar-refractivity contribution in [1.29, 1.82) is 0 Å². The summed E-state index contributed by atoms with van der Waals surface area (Å²) in [7, 11) is 1.59. The van der Waals surface area contributed by atoms with Crippen molar-refractivity contribution in [2.75, 3.05) is 12.4 Å². The molecular weight excluding hydrogens is 288 g/mol. The van der Waals surface area contributed by atoms with Crippen LogP contribution in [0.4, 0.5) is 11.5 Å². The first-order valence-corrected chi connectivity index (χ1v) is 6.77. The van der Waals surface area contributed by atoms with Crippen LogP contribution in [-0.4, -0.2) is 22.1 Å². The van der Waals surface area contributed by atoms with E-state index in [0.717, 1.165) is 16.6 Å². The maximum atomic E-state index is 6.01. The molecule has 0 radical (unpaired) electrons. The first-order chi connectivity index (χ1) is 10.3. The Labute approximate surface area is 127 Å². The first kappa shape index (κ1) is 13.7. The molecular formula is C15H13ClN4O. The van der Waals surface area contributed by atoms with Crippen molar-refractivity contribution in [1.82, 2.24) is 15.0 Å². The van der Waals surface area contributed by atoms with Gasteiger partial charge in [-0.3, -0.25) is 4.98 Å². The van der Waals surface area contributed by atoms with Gasteiger partial charge in [-0.15, -0.1) is 0 Å². The molecule has 0 saturated carbocycles. The third kappa shape index (κ3) is 3.09. The lowest BCUT2D eigenvalue weighted by molar-refractivity contribution is 0.178. The number of nitrogens with one attached hydrogen (secondary N) is 1. The average molecular weight is 301 g/mol. The van der Waals surface area contributed by atoms with Gasteiger partial charge in [0, 0.05) is 24.8 Å². The molecule has 1 aromatic carbocycles. The Kier molecular flexibility index (Phi) is 3.94. The molecule has 0 bridgehead atoms. The second-order valence-electron chi connectivity index (χ2n) is 4.43. The Balaban J connectivity index is 1.98. The van der Waals surface area contributed by atoms with Crippen LogP contribution in [0.1, 0.15) is 5.82 Å². The van der Waals surface area contributed by atoms with Crippen LogP contribution in [0.25, 0.3) is 10.9 Å². The number of fused-ring (bicyclic) bond motifs is 1. The molecule has 6 heteroatoms. The van der Waals surface area contributed by atoms with Crippen LogP contribution in [0, 0.1) is 0 Å². The van der Waals surface area contributed by atoms with E-state index in [9.17, 15) is 0 Å². The van der Waals surface area contributed by atoms with Gasteiger partial charge in [-0.2, -0.15) is 0 Å². The van der Waals surface area contributed by atoms with E-state index in [0.29, 0.717) is 23.4 Å². The largest absolute Gasteiger partial charge is 0.377 e. The van der Waals surface area contributed by atoms with Crippen LogP contribution in [0.2, 0.25) is 5.15 Å². The SMILES string of the molecule is COCc1nc(Cl)cc(Nc2cccc3cccnc23)n1. The van der Waals surface area contributed by atoms with Gasteiger partial charge in [0.25, 0.3) is 0 Å². The predicted molar refractivity (Wildman–Crippen MR) is 82.8 cm³/mol. The third-order valence-electron chi connectivity index (χ3n) is 2.91. The Morgan fingerprint density at radius 1 is 1.19 bits per heavy atom. The number of rotatable bonds is 4. The van der Waals surface area contributed by atoms with Crippen LogP contribution in [0.3, 0.4) is 0 Å². The molecule has 21 heavy (non-hydrogen) atoms. The summed E-state index contributed by atoms with van der Waals surface area (Å²) in [6.07, 6.45) is 1.76.